The molecule has 1 aromatic carbocycles. The van der Waals surface area contributed by atoms with Gasteiger partial charge in [-0.2, -0.15) is 13.7 Å². The fraction of sp³-hybridized carbons (Fsp3) is 0.111. The van der Waals surface area contributed by atoms with Crippen molar-refractivity contribution in [3.05, 3.63) is 29.3 Å². The van der Waals surface area contributed by atoms with Crippen molar-refractivity contribution in [2.45, 2.75) is 4.90 Å². The van der Waals surface area contributed by atoms with Crippen LogP contribution in [-0.4, -0.2) is 21.5 Å². The van der Waals surface area contributed by atoms with E-state index in [1.807, 2.05) is 0 Å². The maximum atomic E-state index is 12.8. The smallest absolute Gasteiger partial charge is 0.339 e. The Morgan fingerprint density at radius 3 is 2.56 bits per heavy atom. The number of nitriles is 1. The number of carbonyl (C=O) groups is 1. The first-order chi connectivity index (χ1) is 7.40. The van der Waals surface area contributed by atoms with E-state index in [9.17, 15) is 17.1 Å². The van der Waals surface area contributed by atoms with Crippen LogP contribution in [-0.2, 0) is 15.0 Å². The van der Waals surface area contributed by atoms with Gasteiger partial charge in [0.1, 0.15) is 4.90 Å². The summed E-state index contributed by atoms with van der Waals surface area (Å²) in [5.41, 5.74) is -0.461. The molecule has 0 N–H and O–H groups in total. The maximum absolute atomic E-state index is 12.8. The van der Waals surface area contributed by atoms with Gasteiger partial charge in [0, 0.05) is 0 Å². The lowest BCUT2D eigenvalue weighted by Crippen LogP contribution is -2.08. The molecule has 0 saturated carbocycles. The Kier molecular flexibility index (Phi) is 3.25. The summed E-state index contributed by atoms with van der Waals surface area (Å²) in [5, 5.41) is 8.56. The van der Waals surface area contributed by atoms with E-state index >= 15 is 0 Å². The molecular weight excluding hydrogens is 237 g/mol. The zero-order valence-electron chi connectivity index (χ0n) is 8.10. The van der Waals surface area contributed by atoms with Gasteiger partial charge in [0.05, 0.1) is 24.3 Å². The fourth-order valence-electron chi connectivity index (χ4n) is 1.08. The van der Waals surface area contributed by atoms with E-state index in [-0.39, 0.29) is 5.56 Å². The summed E-state index contributed by atoms with van der Waals surface area (Å²) in [5.74, 6) is -1.02. The van der Waals surface area contributed by atoms with Crippen molar-refractivity contribution in [3.63, 3.8) is 0 Å². The Bertz CT molecular complexity index is 574. The molecule has 0 unspecified atom stereocenters. The molecule has 1 aromatic rings. The minimum absolute atomic E-state index is 0.0350. The summed E-state index contributed by atoms with van der Waals surface area (Å²) in [6, 6.07) is 4.60. The zero-order valence-corrected chi connectivity index (χ0v) is 8.91. The van der Waals surface area contributed by atoms with Crippen molar-refractivity contribution in [1.29, 1.82) is 5.26 Å². The molecule has 0 aliphatic carbocycles. The summed E-state index contributed by atoms with van der Waals surface area (Å²) in [4.78, 5) is 10.4. The Balaban J connectivity index is 3.53. The normalized spacial score (nSPS) is 10.6. The van der Waals surface area contributed by atoms with Crippen LogP contribution < -0.4 is 0 Å². The van der Waals surface area contributed by atoms with Crippen LogP contribution in [0, 0.1) is 11.3 Å². The third kappa shape index (κ3) is 2.35. The highest BCUT2D eigenvalue weighted by Crippen LogP contribution is 2.20. The van der Waals surface area contributed by atoms with E-state index in [0.717, 1.165) is 25.3 Å². The summed E-state index contributed by atoms with van der Waals surface area (Å²) in [6.07, 6.45) is 0. The number of rotatable bonds is 2. The van der Waals surface area contributed by atoms with Gasteiger partial charge in [-0.25, -0.2) is 4.79 Å². The number of esters is 1. The van der Waals surface area contributed by atoms with Crippen LogP contribution in [0.3, 0.4) is 0 Å². The second kappa shape index (κ2) is 4.28. The second-order valence-corrected chi connectivity index (χ2v) is 4.07. The number of carbonyl (C=O) groups excluding carboxylic acids is 1. The third-order valence-corrected chi connectivity index (χ3v) is 2.66. The van der Waals surface area contributed by atoms with Crippen molar-refractivity contribution in [2.24, 2.45) is 0 Å². The quantitative estimate of drug-likeness (QED) is 0.571. The van der Waals surface area contributed by atoms with Gasteiger partial charge in [0.2, 0.25) is 0 Å². The van der Waals surface area contributed by atoms with Crippen LogP contribution >= 0.6 is 0 Å². The number of ether oxygens (including phenoxy) is 1. The lowest BCUT2D eigenvalue weighted by Gasteiger charge is -2.04. The average Bonchev–Trinajstić information content (AvgIpc) is 2.25. The summed E-state index contributed by atoms with van der Waals surface area (Å²) in [6.45, 7) is 0. The Hall–Kier alpha value is -1.94. The van der Waals surface area contributed by atoms with Gasteiger partial charge in [0.15, 0.2) is 0 Å². The third-order valence-electron chi connectivity index (χ3n) is 1.78. The largest absolute Gasteiger partial charge is 0.465 e. The van der Waals surface area contributed by atoms with Crippen LogP contribution in [0.5, 0.6) is 0 Å². The monoisotopic (exact) mass is 243 g/mol. The van der Waals surface area contributed by atoms with Crippen molar-refractivity contribution in [1.82, 2.24) is 0 Å². The summed E-state index contributed by atoms with van der Waals surface area (Å²) >= 11 is 0. The lowest BCUT2D eigenvalue weighted by molar-refractivity contribution is 0.0596. The van der Waals surface area contributed by atoms with Gasteiger partial charge in [0.25, 0.3) is 0 Å². The highest BCUT2D eigenvalue weighted by molar-refractivity contribution is 7.86. The van der Waals surface area contributed by atoms with Gasteiger partial charge >= 0.3 is 16.2 Å². The molecule has 84 valence electrons. The Morgan fingerprint density at radius 2 is 2.12 bits per heavy atom. The molecule has 0 spiro atoms. The minimum Gasteiger partial charge on any atom is -0.465 e. The van der Waals surface area contributed by atoms with E-state index in [2.05, 4.69) is 4.74 Å². The maximum Gasteiger partial charge on any atom is 0.339 e. The molecule has 0 aliphatic heterocycles. The number of halogens is 1. The number of methoxy groups -OCH3 is 1. The predicted octanol–water partition coefficient (Wildman–Crippen LogP) is 1.00. The highest BCUT2D eigenvalue weighted by atomic mass is 32.3. The predicted molar refractivity (Wildman–Crippen MR) is 50.8 cm³/mol. The molecular formula is C9H6FNO4S. The van der Waals surface area contributed by atoms with Crippen LogP contribution in [0.25, 0.3) is 0 Å². The van der Waals surface area contributed by atoms with E-state index in [0.29, 0.717) is 0 Å². The molecule has 0 saturated heterocycles. The standard InChI is InChI=1S/C9H6FNO4S/c1-15-9(12)7-4-6(5-11)2-3-8(7)16(10,13)14/h2-4H,1H3. The molecule has 0 aromatic heterocycles. The first-order valence-electron chi connectivity index (χ1n) is 3.97. The van der Waals surface area contributed by atoms with Gasteiger partial charge in [-0.1, -0.05) is 0 Å². The van der Waals surface area contributed by atoms with Gasteiger partial charge < -0.3 is 4.74 Å². The number of benzene rings is 1. The first kappa shape index (κ1) is 12.1. The Morgan fingerprint density at radius 1 is 1.50 bits per heavy atom. The molecule has 0 atom stereocenters. The minimum atomic E-state index is -5.02. The van der Waals surface area contributed by atoms with Crippen molar-refractivity contribution < 1.29 is 21.8 Å². The first-order valence-corrected chi connectivity index (χ1v) is 5.35. The van der Waals surface area contributed by atoms with E-state index in [4.69, 9.17) is 5.26 Å². The zero-order chi connectivity index (χ0) is 12.3. The topological polar surface area (TPSA) is 84.2 Å². The van der Waals surface area contributed by atoms with Crippen molar-refractivity contribution in [2.75, 3.05) is 7.11 Å². The molecule has 5 nitrogen and oxygen atoms in total. The molecule has 0 bridgehead atoms. The van der Waals surface area contributed by atoms with Crippen LogP contribution in [0.1, 0.15) is 15.9 Å². The van der Waals surface area contributed by atoms with Gasteiger partial charge in [-0.3, -0.25) is 0 Å². The van der Waals surface area contributed by atoms with Crippen LogP contribution in [0.2, 0.25) is 0 Å². The molecule has 0 heterocycles. The van der Waals surface area contributed by atoms with Crippen molar-refractivity contribution in [3.8, 4) is 6.07 Å². The Labute approximate surface area is 91.3 Å². The summed E-state index contributed by atoms with van der Waals surface area (Å²) < 4.78 is 38.5. The molecule has 1 rings (SSSR count). The lowest BCUT2D eigenvalue weighted by atomic mass is 10.1. The molecule has 0 aliphatic rings. The SMILES string of the molecule is COC(=O)c1cc(C#N)ccc1S(=O)(=O)F. The number of nitrogens with zero attached hydrogens (tertiary/aromatic N) is 1. The molecule has 0 fully saturated rings. The number of hydrogen-bond acceptors (Lipinski definition) is 5. The number of hydrogen-bond donors (Lipinski definition) is 0. The van der Waals surface area contributed by atoms with Crippen LogP contribution in [0.4, 0.5) is 3.89 Å². The van der Waals surface area contributed by atoms with Gasteiger partial charge in [-0.15, -0.1) is 3.89 Å². The molecule has 0 radical (unpaired) electrons. The second-order valence-electron chi connectivity index (χ2n) is 2.75. The molecule has 0 amide bonds. The fourth-order valence-corrected chi connectivity index (χ4v) is 1.72. The highest BCUT2D eigenvalue weighted by Gasteiger charge is 2.22. The molecule has 7 heteroatoms. The van der Waals surface area contributed by atoms with E-state index < -0.39 is 26.7 Å². The average molecular weight is 243 g/mol. The van der Waals surface area contributed by atoms with Crippen molar-refractivity contribution >= 4 is 16.2 Å². The summed E-state index contributed by atoms with van der Waals surface area (Å²) in [7, 11) is -4.00. The van der Waals surface area contributed by atoms with E-state index in [1.165, 1.54) is 0 Å². The van der Waals surface area contributed by atoms with Gasteiger partial charge in [-0.05, 0) is 18.2 Å². The van der Waals surface area contributed by atoms with E-state index in [1.54, 1.807) is 6.07 Å². The molecule has 16 heavy (non-hydrogen) atoms. The van der Waals surface area contributed by atoms with Crippen LogP contribution in [0.15, 0.2) is 23.1 Å².